The summed E-state index contributed by atoms with van der Waals surface area (Å²) in [6.45, 7) is 0.530. The first-order valence-corrected chi connectivity index (χ1v) is 8.73. The first-order valence-electron chi connectivity index (χ1n) is 8.35. The Balaban J connectivity index is 1.85. The van der Waals surface area contributed by atoms with Crippen LogP contribution in [-0.4, -0.2) is 21.5 Å². The summed E-state index contributed by atoms with van der Waals surface area (Å²) in [5.74, 6) is 0.579. The molecule has 0 fully saturated rings. The van der Waals surface area contributed by atoms with Crippen molar-refractivity contribution in [1.29, 1.82) is 0 Å². The van der Waals surface area contributed by atoms with E-state index in [1.807, 2.05) is 6.08 Å². The Bertz CT molecular complexity index is 1180. The smallest absolute Gasteiger partial charge is 0.292 e. The molecule has 1 aliphatic heterocycles. The predicted octanol–water partition coefficient (Wildman–Crippen LogP) is 3.94. The maximum Gasteiger partial charge on any atom is 0.292 e. The average molecular weight is 383 g/mol. The zero-order chi connectivity index (χ0) is 19.1. The van der Waals surface area contributed by atoms with Gasteiger partial charge in [-0.2, -0.15) is 0 Å². The number of nitro benzene ring substituents is 1. The number of anilines is 1. The van der Waals surface area contributed by atoms with Gasteiger partial charge in [-0.1, -0.05) is 17.7 Å². The van der Waals surface area contributed by atoms with Crippen LogP contribution < -0.4 is 10.9 Å². The Hall–Kier alpha value is -3.19. The third kappa shape index (κ3) is 2.96. The molecule has 1 aromatic heterocycles. The van der Waals surface area contributed by atoms with Crippen LogP contribution >= 0.6 is 11.6 Å². The van der Waals surface area contributed by atoms with Gasteiger partial charge in [0.15, 0.2) is 0 Å². The lowest BCUT2D eigenvalue weighted by Gasteiger charge is -2.06. The van der Waals surface area contributed by atoms with Crippen molar-refractivity contribution in [3.8, 4) is 0 Å². The first-order chi connectivity index (χ1) is 13.0. The van der Waals surface area contributed by atoms with E-state index in [0.717, 1.165) is 5.57 Å². The van der Waals surface area contributed by atoms with Crippen LogP contribution in [0.25, 0.3) is 22.6 Å². The van der Waals surface area contributed by atoms with Crippen molar-refractivity contribution < 1.29 is 4.92 Å². The second-order valence-electron chi connectivity index (χ2n) is 6.26. The van der Waals surface area contributed by atoms with Crippen LogP contribution in [-0.2, 0) is 6.54 Å². The fourth-order valence-corrected chi connectivity index (χ4v) is 3.50. The van der Waals surface area contributed by atoms with Crippen LogP contribution in [0.5, 0.6) is 0 Å². The third-order valence-corrected chi connectivity index (χ3v) is 4.87. The van der Waals surface area contributed by atoms with Gasteiger partial charge in [0.1, 0.15) is 11.5 Å². The second-order valence-corrected chi connectivity index (χ2v) is 6.69. The van der Waals surface area contributed by atoms with Crippen molar-refractivity contribution >= 4 is 45.5 Å². The van der Waals surface area contributed by atoms with Crippen LogP contribution in [0.3, 0.4) is 0 Å². The van der Waals surface area contributed by atoms with Crippen molar-refractivity contribution in [2.24, 2.45) is 0 Å². The number of halogens is 1. The molecule has 2 heterocycles. The normalized spacial score (nSPS) is 14.5. The Morgan fingerprint density at radius 1 is 1.30 bits per heavy atom. The van der Waals surface area contributed by atoms with Crippen LogP contribution in [0.4, 0.5) is 11.4 Å². The number of hydrogen-bond acceptors (Lipinski definition) is 5. The molecule has 0 spiro atoms. The number of nitrogens with one attached hydrogen (secondary N) is 1. The number of benzene rings is 2. The van der Waals surface area contributed by atoms with Gasteiger partial charge in [-0.3, -0.25) is 19.5 Å². The van der Waals surface area contributed by atoms with Gasteiger partial charge in [-0.15, -0.1) is 0 Å². The molecule has 0 saturated heterocycles. The van der Waals surface area contributed by atoms with Crippen molar-refractivity contribution in [3.63, 3.8) is 0 Å². The molecule has 0 bridgehead atoms. The molecule has 0 unspecified atom stereocenters. The van der Waals surface area contributed by atoms with E-state index in [1.54, 1.807) is 41.9 Å². The van der Waals surface area contributed by atoms with Crippen molar-refractivity contribution in [3.05, 3.63) is 73.3 Å². The van der Waals surface area contributed by atoms with Crippen molar-refractivity contribution in [1.82, 2.24) is 9.55 Å². The Labute approximate surface area is 159 Å². The van der Waals surface area contributed by atoms with Crippen LogP contribution in [0, 0.1) is 10.1 Å². The molecule has 0 atom stereocenters. The number of nitro groups is 1. The van der Waals surface area contributed by atoms with Gasteiger partial charge >= 0.3 is 0 Å². The van der Waals surface area contributed by atoms with E-state index in [0.29, 0.717) is 46.0 Å². The molecule has 0 aliphatic carbocycles. The Kier molecular flexibility index (Phi) is 4.16. The van der Waals surface area contributed by atoms with Crippen LogP contribution in [0.15, 0.2) is 41.2 Å². The monoisotopic (exact) mass is 382 g/mol. The zero-order valence-corrected chi connectivity index (χ0v) is 15.2. The minimum atomic E-state index is -0.422. The van der Waals surface area contributed by atoms with E-state index in [-0.39, 0.29) is 11.2 Å². The number of aromatic nitrogens is 2. The molecule has 0 amide bonds. The van der Waals surface area contributed by atoms with Gasteiger partial charge in [-0.05, 0) is 47.9 Å². The summed E-state index contributed by atoms with van der Waals surface area (Å²) in [5, 5.41) is 15.1. The molecule has 3 aromatic rings. The highest BCUT2D eigenvalue weighted by Gasteiger charge is 2.21. The molecule has 4 rings (SSSR count). The highest BCUT2D eigenvalue weighted by molar-refractivity contribution is 6.31. The lowest BCUT2D eigenvalue weighted by Crippen LogP contribution is -2.20. The minimum absolute atomic E-state index is 0.000454. The van der Waals surface area contributed by atoms with Crippen LogP contribution in [0.2, 0.25) is 5.02 Å². The summed E-state index contributed by atoms with van der Waals surface area (Å²) in [5.41, 5.74) is 2.43. The van der Waals surface area contributed by atoms with Gasteiger partial charge in [0.25, 0.3) is 11.2 Å². The van der Waals surface area contributed by atoms with Gasteiger partial charge in [0.2, 0.25) is 0 Å². The van der Waals surface area contributed by atoms with Gasteiger partial charge in [-0.25, -0.2) is 4.98 Å². The molecule has 136 valence electrons. The molecule has 8 heteroatoms. The highest BCUT2D eigenvalue weighted by Crippen LogP contribution is 2.31. The van der Waals surface area contributed by atoms with E-state index in [4.69, 9.17) is 11.6 Å². The Morgan fingerprint density at radius 3 is 2.85 bits per heavy atom. The first kappa shape index (κ1) is 17.2. The largest absolute Gasteiger partial charge is 0.383 e. The summed E-state index contributed by atoms with van der Waals surface area (Å²) in [7, 11) is 1.64. The molecule has 2 aromatic carbocycles. The molecule has 7 nitrogen and oxygen atoms in total. The minimum Gasteiger partial charge on any atom is -0.383 e. The summed E-state index contributed by atoms with van der Waals surface area (Å²) < 4.78 is 1.64. The maximum atomic E-state index is 12.7. The molecule has 0 radical (unpaired) electrons. The number of hydrogen-bond donors (Lipinski definition) is 1. The number of fused-ring (bicyclic) bond motifs is 2. The highest BCUT2D eigenvalue weighted by atomic mass is 35.5. The molecule has 1 aliphatic rings. The number of rotatable bonds is 3. The van der Waals surface area contributed by atoms with Gasteiger partial charge in [0.05, 0.1) is 15.8 Å². The maximum absolute atomic E-state index is 12.7. The van der Waals surface area contributed by atoms with Gasteiger partial charge in [0, 0.05) is 24.7 Å². The lowest BCUT2D eigenvalue weighted by atomic mass is 10.1. The average Bonchev–Trinajstić information content (AvgIpc) is 3.04. The predicted molar refractivity (Wildman–Crippen MR) is 106 cm³/mol. The zero-order valence-electron chi connectivity index (χ0n) is 14.4. The summed E-state index contributed by atoms with van der Waals surface area (Å²) >= 11 is 6.03. The fourth-order valence-electron chi connectivity index (χ4n) is 3.33. The fraction of sp³-hybridized carbons (Fsp3) is 0.158. The molecular weight excluding hydrogens is 368 g/mol. The van der Waals surface area contributed by atoms with Gasteiger partial charge < -0.3 is 5.32 Å². The third-order valence-electron chi connectivity index (χ3n) is 4.64. The van der Waals surface area contributed by atoms with E-state index >= 15 is 0 Å². The molecule has 27 heavy (non-hydrogen) atoms. The van der Waals surface area contributed by atoms with E-state index in [1.165, 1.54) is 6.07 Å². The summed E-state index contributed by atoms with van der Waals surface area (Å²) in [6.07, 6.45) is 2.47. The number of nitrogens with zero attached hydrogens (tertiary/aromatic N) is 3. The van der Waals surface area contributed by atoms with Crippen molar-refractivity contribution in [2.45, 2.75) is 13.0 Å². The molecule has 1 N–H and O–H groups in total. The topological polar surface area (TPSA) is 90.1 Å². The Morgan fingerprint density at radius 2 is 2.11 bits per heavy atom. The molecular formula is C19H15ClN4O3. The van der Waals surface area contributed by atoms with E-state index in [2.05, 4.69) is 10.3 Å². The van der Waals surface area contributed by atoms with Crippen LogP contribution in [0.1, 0.15) is 17.8 Å². The summed E-state index contributed by atoms with van der Waals surface area (Å²) in [6, 6.07) is 10.00. The second kappa shape index (κ2) is 6.51. The van der Waals surface area contributed by atoms with E-state index < -0.39 is 4.92 Å². The summed E-state index contributed by atoms with van der Waals surface area (Å²) in [4.78, 5) is 28.2. The standard InChI is InChI=1S/C19H15ClN4O3/c1-21-15-5-2-11(9-17(15)24(26)27)8-12-6-7-23-18(12)22-16-10-13(20)3-4-14(16)19(23)25/h2-5,8-10,21H,6-7H2,1H3/b12-8+. The molecule has 0 saturated carbocycles. The SMILES string of the molecule is CNc1ccc(/C=C2\CCn3c2nc2cc(Cl)ccc2c3=O)cc1[N+](=O)[O-]. The number of allylic oxidation sites excluding steroid dienone is 1. The van der Waals surface area contributed by atoms with E-state index in [9.17, 15) is 14.9 Å². The quantitative estimate of drug-likeness (QED) is 0.547. The lowest BCUT2D eigenvalue weighted by molar-refractivity contribution is -0.383. The van der Waals surface area contributed by atoms with Crippen molar-refractivity contribution in [2.75, 3.05) is 12.4 Å².